The van der Waals surface area contributed by atoms with Crippen molar-refractivity contribution in [3.8, 4) is 0 Å². The highest BCUT2D eigenvalue weighted by atomic mass is 16.5. The van der Waals surface area contributed by atoms with Gasteiger partial charge in [-0.15, -0.1) is 0 Å². The molecule has 0 aliphatic heterocycles. The van der Waals surface area contributed by atoms with Gasteiger partial charge in [-0.25, -0.2) is 0 Å². The van der Waals surface area contributed by atoms with Gasteiger partial charge in [-0.05, 0) is 38.8 Å². The second-order valence-electron chi connectivity index (χ2n) is 5.01. The van der Waals surface area contributed by atoms with Crippen molar-refractivity contribution in [1.29, 1.82) is 0 Å². The van der Waals surface area contributed by atoms with Crippen molar-refractivity contribution >= 4 is 0 Å². The number of benzene rings is 1. The van der Waals surface area contributed by atoms with Crippen LogP contribution in [-0.2, 0) is 11.2 Å². The maximum atomic E-state index is 5.83. The van der Waals surface area contributed by atoms with Crippen molar-refractivity contribution in [3.05, 3.63) is 35.4 Å². The van der Waals surface area contributed by atoms with Crippen LogP contribution in [0.15, 0.2) is 24.3 Å². The van der Waals surface area contributed by atoms with Crippen LogP contribution in [0.2, 0.25) is 0 Å². The molecule has 0 amide bonds. The lowest BCUT2D eigenvalue weighted by atomic mass is 9.84. The van der Waals surface area contributed by atoms with Gasteiger partial charge in [-0.3, -0.25) is 0 Å². The Balaban J connectivity index is 2.90. The number of methoxy groups -OCH3 is 1. The fourth-order valence-corrected chi connectivity index (χ4v) is 2.80. The molecule has 0 heterocycles. The van der Waals surface area contributed by atoms with Gasteiger partial charge in [0.2, 0.25) is 0 Å². The fraction of sp³-hybridized carbons (Fsp3) is 0.625. The van der Waals surface area contributed by atoms with Crippen LogP contribution in [0.1, 0.15) is 37.8 Å². The van der Waals surface area contributed by atoms with E-state index in [2.05, 4.69) is 50.4 Å². The summed E-state index contributed by atoms with van der Waals surface area (Å²) < 4.78 is 5.83. The zero-order valence-corrected chi connectivity index (χ0v) is 12.4. The molecule has 1 aromatic rings. The van der Waals surface area contributed by atoms with Gasteiger partial charge in [0, 0.05) is 13.2 Å². The molecule has 0 bridgehead atoms. The molecule has 1 rings (SSSR count). The van der Waals surface area contributed by atoms with Gasteiger partial charge < -0.3 is 10.1 Å². The van der Waals surface area contributed by atoms with Crippen molar-refractivity contribution < 1.29 is 4.74 Å². The summed E-state index contributed by atoms with van der Waals surface area (Å²) in [6.07, 6.45) is 3.06. The molecule has 0 spiro atoms. The van der Waals surface area contributed by atoms with E-state index in [1.807, 2.05) is 14.2 Å². The van der Waals surface area contributed by atoms with Crippen molar-refractivity contribution in [1.82, 2.24) is 5.32 Å². The van der Waals surface area contributed by atoms with Gasteiger partial charge in [0.25, 0.3) is 0 Å². The predicted octanol–water partition coefficient (Wildman–Crippen LogP) is 3.33. The molecule has 1 N–H and O–H groups in total. The van der Waals surface area contributed by atoms with E-state index in [-0.39, 0.29) is 5.60 Å². The first-order chi connectivity index (χ1) is 8.61. The maximum Gasteiger partial charge on any atom is 0.0828 e. The first kappa shape index (κ1) is 15.2. The Morgan fingerprint density at radius 3 is 2.39 bits per heavy atom. The highest BCUT2D eigenvalue weighted by Crippen LogP contribution is 2.26. The molecule has 1 unspecified atom stereocenters. The molecule has 18 heavy (non-hydrogen) atoms. The second-order valence-corrected chi connectivity index (χ2v) is 5.01. The number of rotatable bonds is 7. The molecular weight excluding hydrogens is 222 g/mol. The predicted molar refractivity (Wildman–Crippen MR) is 78.1 cm³/mol. The van der Waals surface area contributed by atoms with Crippen molar-refractivity contribution in [2.75, 3.05) is 14.2 Å². The fourth-order valence-electron chi connectivity index (χ4n) is 2.80. The van der Waals surface area contributed by atoms with Gasteiger partial charge in [-0.1, -0.05) is 43.7 Å². The SMILES string of the molecule is CCC(CC)(OC)C(Cc1cccc(C)c1)NC. The van der Waals surface area contributed by atoms with Crippen LogP contribution in [0.5, 0.6) is 0 Å². The van der Waals surface area contributed by atoms with Crippen LogP contribution >= 0.6 is 0 Å². The summed E-state index contributed by atoms with van der Waals surface area (Å²) >= 11 is 0. The summed E-state index contributed by atoms with van der Waals surface area (Å²) in [5.74, 6) is 0. The van der Waals surface area contributed by atoms with Crippen molar-refractivity contribution in [3.63, 3.8) is 0 Å². The Morgan fingerprint density at radius 2 is 1.94 bits per heavy atom. The quantitative estimate of drug-likeness (QED) is 0.800. The molecule has 2 heteroatoms. The number of hydrogen-bond acceptors (Lipinski definition) is 2. The largest absolute Gasteiger partial charge is 0.377 e. The number of likely N-dealkylation sites (N-methyl/N-ethyl adjacent to an activating group) is 1. The third kappa shape index (κ3) is 3.33. The average molecular weight is 249 g/mol. The Labute approximate surface area is 112 Å². The van der Waals surface area contributed by atoms with E-state index >= 15 is 0 Å². The Morgan fingerprint density at radius 1 is 1.28 bits per heavy atom. The normalized spacial score (nSPS) is 13.6. The molecule has 1 atom stereocenters. The Hall–Kier alpha value is -0.860. The lowest BCUT2D eigenvalue weighted by Crippen LogP contribution is -2.51. The van der Waals surface area contributed by atoms with Gasteiger partial charge in [0.15, 0.2) is 0 Å². The highest BCUT2D eigenvalue weighted by Gasteiger charge is 2.34. The van der Waals surface area contributed by atoms with E-state index in [0.717, 1.165) is 19.3 Å². The topological polar surface area (TPSA) is 21.3 Å². The van der Waals surface area contributed by atoms with Crippen LogP contribution in [0.4, 0.5) is 0 Å². The van der Waals surface area contributed by atoms with Crippen molar-refractivity contribution in [2.24, 2.45) is 0 Å². The molecule has 0 radical (unpaired) electrons. The lowest BCUT2D eigenvalue weighted by Gasteiger charge is -2.38. The minimum Gasteiger partial charge on any atom is -0.377 e. The van der Waals surface area contributed by atoms with E-state index in [1.54, 1.807) is 0 Å². The van der Waals surface area contributed by atoms with E-state index < -0.39 is 0 Å². The number of aryl methyl sites for hydroxylation is 1. The van der Waals surface area contributed by atoms with Crippen LogP contribution in [-0.4, -0.2) is 25.8 Å². The zero-order valence-electron chi connectivity index (χ0n) is 12.4. The highest BCUT2D eigenvalue weighted by molar-refractivity contribution is 5.23. The average Bonchev–Trinajstić information content (AvgIpc) is 2.40. The van der Waals surface area contributed by atoms with Crippen LogP contribution in [0, 0.1) is 6.92 Å². The summed E-state index contributed by atoms with van der Waals surface area (Å²) in [5, 5.41) is 3.44. The Kier molecular flexibility index (Phi) is 5.83. The van der Waals surface area contributed by atoms with E-state index in [1.165, 1.54) is 11.1 Å². The molecule has 0 fully saturated rings. The molecule has 0 aliphatic rings. The van der Waals surface area contributed by atoms with Gasteiger partial charge in [0.1, 0.15) is 0 Å². The first-order valence-electron chi connectivity index (χ1n) is 6.89. The second kappa shape index (κ2) is 6.91. The summed E-state index contributed by atoms with van der Waals surface area (Å²) in [4.78, 5) is 0. The minimum atomic E-state index is -0.0709. The number of hydrogen-bond donors (Lipinski definition) is 1. The molecule has 0 aromatic heterocycles. The number of nitrogens with one attached hydrogen (secondary N) is 1. The third-order valence-electron chi connectivity index (χ3n) is 4.11. The maximum absolute atomic E-state index is 5.83. The molecular formula is C16H27NO. The zero-order chi connectivity index (χ0) is 13.6. The van der Waals surface area contributed by atoms with Crippen molar-refractivity contribution in [2.45, 2.75) is 51.7 Å². The summed E-state index contributed by atoms with van der Waals surface area (Å²) in [5.41, 5.74) is 2.62. The van der Waals surface area contributed by atoms with E-state index in [4.69, 9.17) is 4.74 Å². The molecule has 2 nitrogen and oxygen atoms in total. The van der Waals surface area contributed by atoms with E-state index in [0.29, 0.717) is 6.04 Å². The summed E-state index contributed by atoms with van der Waals surface area (Å²) in [6.45, 7) is 6.54. The monoisotopic (exact) mass is 249 g/mol. The minimum absolute atomic E-state index is 0.0709. The number of ether oxygens (including phenoxy) is 1. The van der Waals surface area contributed by atoms with Crippen LogP contribution in [0.25, 0.3) is 0 Å². The van der Waals surface area contributed by atoms with Crippen LogP contribution in [0.3, 0.4) is 0 Å². The molecule has 0 saturated heterocycles. The molecule has 0 saturated carbocycles. The van der Waals surface area contributed by atoms with Gasteiger partial charge >= 0.3 is 0 Å². The smallest absolute Gasteiger partial charge is 0.0828 e. The molecule has 102 valence electrons. The molecule has 0 aliphatic carbocycles. The lowest BCUT2D eigenvalue weighted by molar-refractivity contribution is -0.0454. The Bertz CT molecular complexity index is 350. The standard InChI is InChI=1S/C16H27NO/c1-6-16(7-2,18-5)15(17-4)12-14-10-8-9-13(3)11-14/h8-11,15,17H,6-7,12H2,1-5H3. The van der Waals surface area contributed by atoms with Crippen LogP contribution < -0.4 is 5.32 Å². The van der Waals surface area contributed by atoms with Gasteiger partial charge in [-0.2, -0.15) is 0 Å². The summed E-state index contributed by atoms with van der Waals surface area (Å²) in [6, 6.07) is 9.07. The first-order valence-corrected chi connectivity index (χ1v) is 6.89. The molecule has 1 aromatic carbocycles. The third-order valence-corrected chi connectivity index (χ3v) is 4.11. The van der Waals surface area contributed by atoms with E-state index in [9.17, 15) is 0 Å². The van der Waals surface area contributed by atoms with Gasteiger partial charge in [0.05, 0.1) is 5.60 Å². The summed E-state index contributed by atoms with van der Waals surface area (Å²) in [7, 11) is 3.85.